The van der Waals surface area contributed by atoms with Crippen LogP contribution in [0.25, 0.3) is 11.4 Å². The summed E-state index contributed by atoms with van der Waals surface area (Å²) in [7, 11) is 4.70. The highest BCUT2D eigenvalue weighted by Crippen LogP contribution is 2.31. The molecule has 0 spiro atoms. The second kappa shape index (κ2) is 4.97. The van der Waals surface area contributed by atoms with Gasteiger partial charge in [-0.3, -0.25) is 0 Å². The average molecular weight is 263 g/mol. The molecule has 0 saturated heterocycles. The van der Waals surface area contributed by atoms with Gasteiger partial charge in [-0.15, -0.1) is 5.10 Å². The highest BCUT2D eigenvalue weighted by molar-refractivity contribution is 5.83. The van der Waals surface area contributed by atoms with Gasteiger partial charge in [0.2, 0.25) is 0 Å². The van der Waals surface area contributed by atoms with E-state index in [0.29, 0.717) is 22.9 Å². The van der Waals surface area contributed by atoms with E-state index in [1.54, 1.807) is 32.4 Å². The zero-order valence-corrected chi connectivity index (χ0v) is 10.7. The van der Waals surface area contributed by atoms with E-state index in [0.717, 1.165) is 0 Å². The lowest BCUT2D eigenvalue weighted by molar-refractivity contribution is 0.0683. The summed E-state index contributed by atoms with van der Waals surface area (Å²) >= 11 is 0. The molecule has 0 unspecified atom stereocenters. The van der Waals surface area contributed by atoms with Crippen molar-refractivity contribution < 1.29 is 19.4 Å². The van der Waals surface area contributed by atoms with E-state index in [1.165, 1.54) is 11.8 Å². The molecule has 0 bridgehead atoms. The molecule has 100 valence electrons. The number of hydrogen-bond acceptors (Lipinski definition) is 5. The third-order valence-corrected chi connectivity index (χ3v) is 2.60. The summed E-state index contributed by atoms with van der Waals surface area (Å²) in [6.07, 6.45) is 0. The Bertz CT molecular complexity index is 621. The normalized spacial score (nSPS) is 10.3. The maximum atomic E-state index is 10.8. The summed E-state index contributed by atoms with van der Waals surface area (Å²) in [6, 6.07) is 5.20. The van der Waals surface area contributed by atoms with Gasteiger partial charge in [0.1, 0.15) is 0 Å². The van der Waals surface area contributed by atoms with Crippen LogP contribution in [0.15, 0.2) is 18.2 Å². The minimum absolute atomic E-state index is 0.243. The molecule has 19 heavy (non-hydrogen) atoms. The maximum Gasteiger partial charge on any atom is 0.375 e. The summed E-state index contributed by atoms with van der Waals surface area (Å²) in [5.74, 6) is 0.166. The monoisotopic (exact) mass is 263 g/mol. The van der Waals surface area contributed by atoms with Gasteiger partial charge in [-0.2, -0.15) is 0 Å². The number of aromatic nitrogens is 3. The number of nitrogens with zero attached hydrogens (tertiary/aromatic N) is 3. The van der Waals surface area contributed by atoms with Crippen LogP contribution in [0.3, 0.4) is 0 Å². The molecule has 0 amide bonds. The van der Waals surface area contributed by atoms with Gasteiger partial charge in [0.25, 0.3) is 5.82 Å². The molecule has 0 atom stereocenters. The van der Waals surface area contributed by atoms with Gasteiger partial charge in [0, 0.05) is 12.6 Å². The van der Waals surface area contributed by atoms with Crippen LogP contribution in [0.2, 0.25) is 0 Å². The van der Waals surface area contributed by atoms with E-state index in [1.807, 2.05) is 0 Å². The number of rotatable bonds is 4. The number of carboxylic acids is 1. The molecular weight excluding hydrogens is 250 g/mol. The molecule has 0 aliphatic heterocycles. The summed E-state index contributed by atoms with van der Waals surface area (Å²) in [6.45, 7) is 0. The summed E-state index contributed by atoms with van der Waals surface area (Å²) < 4.78 is 11.7. The molecule has 1 heterocycles. The van der Waals surface area contributed by atoms with Crippen molar-refractivity contribution in [1.82, 2.24) is 14.8 Å². The predicted molar refractivity (Wildman–Crippen MR) is 66.5 cm³/mol. The quantitative estimate of drug-likeness (QED) is 0.891. The van der Waals surface area contributed by atoms with Crippen molar-refractivity contribution in [3.05, 3.63) is 24.0 Å². The smallest absolute Gasteiger partial charge is 0.375 e. The molecule has 1 aromatic carbocycles. The van der Waals surface area contributed by atoms with Crippen LogP contribution in [0.4, 0.5) is 0 Å². The SMILES string of the molecule is COc1ccc(-c2nc(C(=O)O)nn2C)cc1OC. The Hall–Kier alpha value is -2.57. The first-order valence-electron chi connectivity index (χ1n) is 5.43. The number of hydrogen-bond donors (Lipinski definition) is 1. The Morgan fingerprint density at radius 2 is 1.95 bits per heavy atom. The van der Waals surface area contributed by atoms with Crippen LogP contribution in [0.5, 0.6) is 11.5 Å². The van der Waals surface area contributed by atoms with E-state index in [9.17, 15) is 4.79 Å². The van der Waals surface area contributed by atoms with Crippen molar-refractivity contribution in [2.24, 2.45) is 7.05 Å². The van der Waals surface area contributed by atoms with Gasteiger partial charge in [-0.1, -0.05) is 0 Å². The molecule has 1 aromatic heterocycles. The Kier molecular flexibility index (Phi) is 3.37. The fourth-order valence-corrected chi connectivity index (χ4v) is 1.70. The number of ether oxygens (including phenoxy) is 2. The summed E-state index contributed by atoms with van der Waals surface area (Å²) in [4.78, 5) is 14.8. The van der Waals surface area contributed by atoms with Crippen molar-refractivity contribution in [1.29, 1.82) is 0 Å². The van der Waals surface area contributed by atoms with Crippen LogP contribution in [0.1, 0.15) is 10.6 Å². The van der Waals surface area contributed by atoms with Crippen LogP contribution in [-0.4, -0.2) is 40.1 Å². The lowest BCUT2D eigenvalue weighted by atomic mass is 10.2. The molecule has 0 saturated carbocycles. The summed E-state index contributed by atoms with van der Waals surface area (Å²) in [5.41, 5.74) is 0.695. The van der Waals surface area contributed by atoms with Crippen molar-refractivity contribution in [2.45, 2.75) is 0 Å². The van der Waals surface area contributed by atoms with Crippen LogP contribution in [-0.2, 0) is 7.05 Å². The maximum absolute atomic E-state index is 10.8. The average Bonchev–Trinajstić information content (AvgIpc) is 2.80. The number of methoxy groups -OCH3 is 2. The highest BCUT2D eigenvalue weighted by Gasteiger charge is 2.16. The Morgan fingerprint density at radius 1 is 1.26 bits per heavy atom. The molecule has 0 fully saturated rings. The van der Waals surface area contributed by atoms with Gasteiger partial charge in [-0.25, -0.2) is 14.5 Å². The van der Waals surface area contributed by atoms with Crippen molar-refractivity contribution in [2.75, 3.05) is 14.2 Å². The fourth-order valence-electron chi connectivity index (χ4n) is 1.70. The number of carbonyl (C=O) groups is 1. The molecule has 7 nitrogen and oxygen atoms in total. The Morgan fingerprint density at radius 3 is 2.47 bits per heavy atom. The van der Waals surface area contributed by atoms with Gasteiger partial charge in [0.05, 0.1) is 14.2 Å². The Labute approximate surface area is 109 Å². The molecule has 0 aliphatic carbocycles. The zero-order chi connectivity index (χ0) is 14.0. The fraction of sp³-hybridized carbons (Fsp3) is 0.250. The highest BCUT2D eigenvalue weighted by atomic mass is 16.5. The topological polar surface area (TPSA) is 86.5 Å². The molecule has 2 aromatic rings. The largest absolute Gasteiger partial charge is 0.493 e. The van der Waals surface area contributed by atoms with Gasteiger partial charge < -0.3 is 14.6 Å². The van der Waals surface area contributed by atoms with E-state index in [2.05, 4.69) is 10.1 Å². The van der Waals surface area contributed by atoms with E-state index >= 15 is 0 Å². The molecule has 1 N–H and O–H groups in total. The van der Waals surface area contributed by atoms with Crippen molar-refractivity contribution in [3.8, 4) is 22.9 Å². The van der Waals surface area contributed by atoms with E-state index in [-0.39, 0.29) is 5.82 Å². The van der Waals surface area contributed by atoms with Crippen LogP contribution >= 0.6 is 0 Å². The van der Waals surface area contributed by atoms with Gasteiger partial charge in [-0.05, 0) is 18.2 Å². The first kappa shape index (κ1) is 12.9. The number of aryl methyl sites for hydroxylation is 1. The van der Waals surface area contributed by atoms with Gasteiger partial charge in [0.15, 0.2) is 17.3 Å². The van der Waals surface area contributed by atoms with Crippen molar-refractivity contribution in [3.63, 3.8) is 0 Å². The molecule has 0 radical (unpaired) electrons. The molecule has 0 aliphatic rings. The lowest BCUT2D eigenvalue weighted by Crippen LogP contribution is -2.00. The molecule has 7 heteroatoms. The standard InChI is InChI=1S/C12H13N3O4/c1-15-11(13-10(14-15)12(16)17)7-4-5-8(18-2)9(6-7)19-3/h4-6H,1-3H3,(H,16,17). The second-order valence-electron chi connectivity index (χ2n) is 3.76. The summed E-state index contributed by atoms with van der Waals surface area (Å²) in [5, 5.41) is 12.7. The van der Waals surface area contributed by atoms with Gasteiger partial charge >= 0.3 is 5.97 Å². The molecular formula is C12H13N3O4. The first-order valence-corrected chi connectivity index (χ1v) is 5.43. The molecule has 2 rings (SSSR count). The first-order chi connectivity index (χ1) is 9.06. The number of aromatic carboxylic acids is 1. The minimum atomic E-state index is -1.16. The number of carboxylic acid groups (broad SMARTS) is 1. The van der Waals surface area contributed by atoms with E-state index in [4.69, 9.17) is 14.6 Å². The van der Waals surface area contributed by atoms with Crippen molar-refractivity contribution >= 4 is 5.97 Å². The van der Waals surface area contributed by atoms with E-state index < -0.39 is 5.97 Å². The zero-order valence-electron chi connectivity index (χ0n) is 10.7. The van der Waals surface area contributed by atoms with Crippen LogP contribution < -0.4 is 9.47 Å². The second-order valence-corrected chi connectivity index (χ2v) is 3.76. The Balaban J connectivity index is 2.50. The third kappa shape index (κ3) is 2.35. The third-order valence-electron chi connectivity index (χ3n) is 2.60. The number of benzene rings is 1. The van der Waals surface area contributed by atoms with Crippen LogP contribution in [0, 0.1) is 0 Å². The predicted octanol–water partition coefficient (Wildman–Crippen LogP) is 1.20. The lowest BCUT2D eigenvalue weighted by Gasteiger charge is -2.08. The minimum Gasteiger partial charge on any atom is -0.493 e.